The number of carboxylic acids is 2. The Bertz CT molecular complexity index is 1840. The number of aromatic carboxylic acids is 2. The smallest absolute Gasteiger partial charge is 0.336 e. The summed E-state index contributed by atoms with van der Waals surface area (Å²) in [5.41, 5.74) is 0.421. The first-order valence-electron chi connectivity index (χ1n) is 19.2. The Morgan fingerprint density at radius 1 is 0.604 bits per heavy atom. The number of rotatable bonds is 23. The van der Waals surface area contributed by atoms with E-state index >= 15 is 0 Å². The molecule has 0 heterocycles. The number of carbonyl (C=O) groups is 4. The lowest BCUT2D eigenvalue weighted by Gasteiger charge is -2.25. The van der Waals surface area contributed by atoms with Gasteiger partial charge in [-0.2, -0.15) is 0 Å². The van der Waals surface area contributed by atoms with Crippen molar-refractivity contribution >= 4 is 45.9 Å². The molecule has 2 amide bonds. The molecule has 4 rings (SSSR count). The third kappa shape index (κ3) is 12.5. The highest BCUT2D eigenvalue weighted by atomic mass is 16.4. The minimum absolute atomic E-state index is 0.00385. The molecule has 9 nitrogen and oxygen atoms in total. The van der Waals surface area contributed by atoms with Crippen LogP contribution >= 0.6 is 0 Å². The summed E-state index contributed by atoms with van der Waals surface area (Å²) in [4.78, 5) is 52.0. The Labute approximate surface area is 313 Å². The van der Waals surface area contributed by atoms with Gasteiger partial charge in [-0.15, -0.1) is 0 Å². The highest BCUT2D eigenvalue weighted by molar-refractivity contribution is 6.12. The minimum Gasteiger partial charge on any atom is -0.506 e. The number of hydrogen-bond acceptors (Lipinski definition) is 5. The zero-order chi connectivity index (χ0) is 38.0. The van der Waals surface area contributed by atoms with Gasteiger partial charge in [-0.05, 0) is 53.8 Å². The van der Waals surface area contributed by atoms with Crippen molar-refractivity contribution in [3.05, 3.63) is 101 Å². The number of anilines is 2. The van der Waals surface area contributed by atoms with Crippen LogP contribution in [-0.2, 0) is 11.3 Å². The maximum atomic E-state index is 14.1. The third-order valence-electron chi connectivity index (χ3n) is 9.71. The van der Waals surface area contributed by atoms with Gasteiger partial charge in [0.05, 0.1) is 23.2 Å². The fourth-order valence-electron chi connectivity index (χ4n) is 6.73. The Hall–Kier alpha value is -5.18. The number of nitrogens with zero attached hydrogens (tertiary/aromatic N) is 1. The van der Waals surface area contributed by atoms with Crippen LogP contribution in [0.1, 0.15) is 146 Å². The molecular formula is C44H54N2O7. The van der Waals surface area contributed by atoms with E-state index in [1.165, 1.54) is 94.1 Å². The van der Waals surface area contributed by atoms with Gasteiger partial charge in [-0.3, -0.25) is 9.59 Å². The van der Waals surface area contributed by atoms with Crippen LogP contribution in [0.2, 0.25) is 0 Å². The zero-order valence-electron chi connectivity index (χ0n) is 30.9. The van der Waals surface area contributed by atoms with Crippen molar-refractivity contribution in [2.75, 3.05) is 10.2 Å². The summed E-state index contributed by atoms with van der Waals surface area (Å²) < 4.78 is 0. The van der Waals surface area contributed by atoms with Crippen LogP contribution in [0.4, 0.5) is 11.4 Å². The number of aromatic hydroxyl groups is 1. The van der Waals surface area contributed by atoms with Crippen LogP contribution in [0.3, 0.4) is 0 Å². The summed E-state index contributed by atoms with van der Waals surface area (Å²) in [5.74, 6) is -3.80. The van der Waals surface area contributed by atoms with Crippen LogP contribution in [0.5, 0.6) is 5.75 Å². The van der Waals surface area contributed by atoms with Gasteiger partial charge < -0.3 is 25.5 Å². The number of unbranched alkanes of at least 4 members (excludes halogenated alkanes) is 14. The molecule has 0 unspecified atom stereocenters. The van der Waals surface area contributed by atoms with Crippen LogP contribution in [0.15, 0.2) is 78.9 Å². The fourth-order valence-corrected chi connectivity index (χ4v) is 6.73. The summed E-state index contributed by atoms with van der Waals surface area (Å²) in [6.07, 6.45) is 19.2. The van der Waals surface area contributed by atoms with Gasteiger partial charge >= 0.3 is 11.9 Å². The number of nitrogens with one attached hydrogen (secondary N) is 1. The van der Waals surface area contributed by atoms with Crippen molar-refractivity contribution < 1.29 is 34.5 Å². The van der Waals surface area contributed by atoms with E-state index in [1.54, 1.807) is 42.5 Å². The molecular weight excluding hydrogens is 668 g/mol. The average Bonchev–Trinajstić information content (AvgIpc) is 3.15. The second-order valence-electron chi connectivity index (χ2n) is 13.9. The maximum Gasteiger partial charge on any atom is 0.336 e. The lowest BCUT2D eigenvalue weighted by molar-refractivity contribution is -0.116. The molecule has 0 bridgehead atoms. The van der Waals surface area contributed by atoms with E-state index in [9.17, 15) is 34.5 Å². The summed E-state index contributed by atoms with van der Waals surface area (Å²) in [6, 6.07) is 21.0. The topological polar surface area (TPSA) is 144 Å². The monoisotopic (exact) mass is 722 g/mol. The molecule has 0 saturated heterocycles. The van der Waals surface area contributed by atoms with E-state index < -0.39 is 29.0 Å². The van der Waals surface area contributed by atoms with Crippen LogP contribution < -0.4 is 10.2 Å². The molecule has 0 aliphatic carbocycles. The number of carbonyl (C=O) groups excluding carboxylic acids is 2. The van der Waals surface area contributed by atoms with Gasteiger partial charge in [0.2, 0.25) is 5.91 Å². The van der Waals surface area contributed by atoms with Crippen molar-refractivity contribution in [3.63, 3.8) is 0 Å². The SMILES string of the molecule is CCCCCCCCCCCCCCCCCC(=O)Nc1cccc(CN(C(=O)c2ccc3ccccc3c2O)c2ccc(C(=O)O)c(C(=O)O)c2)c1. The second kappa shape index (κ2) is 21.4. The molecule has 0 aromatic heterocycles. The van der Waals surface area contributed by atoms with E-state index in [2.05, 4.69) is 12.2 Å². The first-order valence-corrected chi connectivity index (χ1v) is 19.2. The summed E-state index contributed by atoms with van der Waals surface area (Å²) in [5, 5.41) is 34.6. The van der Waals surface area contributed by atoms with E-state index in [4.69, 9.17) is 0 Å². The molecule has 0 atom stereocenters. The molecule has 4 aromatic carbocycles. The van der Waals surface area contributed by atoms with Crippen LogP contribution in [0.25, 0.3) is 10.8 Å². The summed E-state index contributed by atoms with van der Waals surface area (Å²) in [6.45, 7) is 2.20. The molecule has 4 aromatic rings. The lowest BCUT2D eigenvalue weighted by atomic mass is 10.0. The van der Waals surface area contributed by atoms with Crippen molar-refractivity contribution in [2.24, 2.45) is 0 Å². The van der Waals surface area contributed by atoms with Crippen molar-refractivity contribution in [1.29, 1.82) is 0 Å². The van der Waals surface area contributed by atoms with E-state index in [0.717, 1.165) is 36.8 Å². The largest absolute Gasteiger partial charge is 0.506 e. The minimum atomic E-state index is -1.45. The summed E-state index contributed by atoms with van der Waals surface area (Å²) in [7, 11) is 0. The standard InChI is InChI=1S/C44H54N2O7/c1-2-3-4-5-6-7-8-9-10-11-12-13-14-15-16-24-40(47)45-34-22-19-20-32(29-34)31-46(35-26-28-37(43(50)51)39(30-35)44(52)53)42(49)38-27-25-33-21-17-18-23-36(33)41(38)48/h17-23,25-30,48H,2-16,24,31H2,1H3,(H,45,47)(H,50,51)(H,52,53). The molecule has 0 radical (unpaired) electrons. The number of fused-ring (bicyclic) bond motifs is 1. The molecule has 9 heteroatoms. The average molecular weight is 723 g/mol. The van der Waals surface area contributed by atoms with E-state index in [0.29, 0.717) is 23.1 Å². The third-order valence-corrected chi connectivity index (χ3v) is 9.71. The quantitative estimate of drug-likeness (QED) is 0.0558. The number of phenols is 1. The molecule has 0 spiro atoms. The molecule has 0 aliphatic heterocycles. The van der Waals surface area contributed by atoms with Crippen LogP contribution in [0, 0.1) is 0 Å². The van der Waals surface area contributed by atoms with Crippen molar-refractivity contribution in [2.45, 2.75) is 116 Å². The van der Waals surface area contributed by atoms with Gasteiger partial charge in [-0.1, -0.05) is 139 Å². The van der Waals surface area contributed by atoms with E-state index in [-0.39, 0.29) is 29.5 Å². The summed E-state index contributed by atoms with van der Waals surface area (Å²) >= 11 is 0. The molecule has 4 N–H and O–H groups in total. The molecule has 53 heavy (non-hydrogen) atoms. The van der Waals surface area contributed by atoms with Gasteiger partial charge in [0.15, 0.2) is 0 Å². The Morgan fingerprint density at radius 2 is 1.19 bits per heavy atom. The molecule has 0 fully saturated rings. The fraction of sp³-hybridized carbons (Fsp3) is 0.409. The highest BCUT2D eigenvalue weighted by Gasteiger charge is 2.25. The molecule has 282 valence electrons. The Kier molecular flexibility index (Phi) is 16.4. The van der Waals surface area contributed by atoms with Crippen molar-refractivity contribution in [3.8, 4) is 5.75 Å². The van der Waals surface area contributed by atoms with E-state index in [1.807, 2.05) is 12.1 Å². The number of phenolic OH excluding ortho intramolecular Hbond substituents is 1. The molecule has 0 saturated carbocycles. The van der Waals surface area contributed by atoms with Gasteiger partial charge in [0, 0.05) is 23.2 Å². The number of benzene rings is 4. The predicted octanol–water partition coefficient (Wildman–Crippen LogP) is 11.0. The Balaban J connectivity index is 1.33. The van der Waals surface area contributed by atoms with Crippen molar-refractivity contribution in [1.82, 2.24) is 0 Å². The van der Waals surface area contributed by atoms with Gasteiger partial charge in [-0.25, -0.2) is 9.59 Å². The van der Waals surface area contributed by atoms with Crippen LogP contribution in [-0.4, -0.2) is 39.1 Å². The lowest BCUT2D eigenvalue weighted by Crippen LogP contribution is -2.31. The Morgan fingerprint density at radius 3 is 1.81 bits per heavy atom. The highest BCUT2D eigenvalue weighted by Crippen LogP contribution is 2.32. The first kappa shape index (κ1) is 40.6. The van der Waals surface area contributed by atoms with Gasteiger partial charge in [0.1, 0.15) is 5.75 Å². The first-order chi connectivity index (χ1) is 25.7. The predicted molar refractivity (Wildman–Crippen MR) is 211 cm³/mol. The maximum absolute atomic E-state index is 14.1. The van der Waals surface area contributed by atoms with Gasteiger partial charge in [0.25, 0.3) is 5.91 Å². The second-order valence-corrected chi connectivity index (χ2v) is 13.9. The number of amides is 2. The molecule has 0 aliphatic rings. The zero-order valence-corrected chi connectivity index (χ0v) is 30.9. The number of hydrogen-bond donors (Lipinski definition) is 4. The number of carboxylic acid groups (broad SMARTS) is 2. The normalized spacial score (nSPS) is 11.0.